The molecular weight excluding hydrogens is 362 g/mol. The van der Waals surface area contributed by atoms with Crippen molar-refractivity contribution >= 4 is 28.2 Å². The van der Waals surface area contributed by atoms with Crippen molar-refractivity contribution in [1.29, 1.82) is 0 Å². The van der Waals surface area contributed by atoms with Crippen LogP contribution < -0.4 is 10.1 Å². The van der Waals surface area contributed by atoms with Crippen LogP contribution in [0.15, 0.2) is 24.3 Å². The predicted molar refractivity (Wildman–Crippen MR) is 107 cm³/mol. The Morgan fingerprint density at radius 1 is 1.19 bits per heavy atom. The third-order valence-electron chi connectivity index (χ3n) is 4.71. The smallest absolute Gasteiger partial charge is 0.341 e. The Morgan fingerprint density at radius 3 is 2.74 bits per heavy atom. The molecule has 3 rings (SSSR count). The number of nitrogens with one attached hydrogen (secondary N) is 1. The molecule has 1 amide bonds. The molecule has 1 aromatic carbocycles. The zero-order valence-corrected chi connectivity index (χ0v) is 16.6. The zero-order chi connectivity index (χ0) is 19.2. The largest absolute Gasteiger partial charge is 0.493 e. The van der Waals surface area contributed by atoms with Crippen molar-refractivity contribution < 1.29 is 19.1 Å². The summed E-state index contributed by atoms with van der Waals surface area (Å²) in [4.78, 5) is 25.8. The topological polar surface area (TPSA) is 64.6 Å². The summed E-state index contributed by atoms with van der Waals surface area (Å²) in [5.74, 6) is 0.372. The van der Waals surface area contributed by atoms with Crippen molar-refractivity contribution in [3.05, 3.63) is 45.8 Å². The summed E-state index contributed by atoms with van der Waals surface area (Å²) in [6, 6.07) is 7.82. The van der Waals surface area contributed by atoms with E-state index in [1.807, 2.05) is 31.2 Å². The van der Waals surface area contributed by atoms with Gasteiger partial charge in [-0.1, -0.05) is 18.2 Å². The van der Waals surface area contributed by atoms with Gasteiger partial charge in [0.2, 0.25) is 5.91 Å². The van der Waals surface area contributed by atoms with Crippen LogP contribution >= 0.6 is 11.3 Å². The van der Waals surface area contributed by atoms with Gasteiger partial charge >= 0.3 is 5.97 Å². The fourth-order valence-electron chi connectivity index (χ4n) is 3.29. The Labute approximate surface area is 163 Å². The number of carbonyl (C=O) groups excluding carboxylic acids is 2. The van der Waals surface area contributed by atoms with Gasteiger partial charge in [-0.15, -0.1) is 11.3 Å². The summed E-state index contributed by atoms with van der Waals surface area (Å²) in [7, 11) is 1.38. The van der Waals surface area contributed by atoms with Crippen LogP contribution in [0, 0.1) is 6.92 Å². The van der Waals surface area contributed by atoms with E-state index in [9.17, 15) is 9.59 Å². The molecule has 1 aliphatic carbocycles. The number of hydrogen-bond acceptors (Lipinski definition) is 5. The van der Waals surface area contributed by atoms with Crippen LogP contribution in [-0.4, -0.2) is 25.6 Å². The van der Waals surface area contributed by atoms with E-state index in [-0.39, 0.29) is 11.9 Å². The molecule has 1 aromatic heterocycles. The molecule has 0 aliphatic heterocycles. The van der Waals surface area contributed by atoms with Gasteiger partial charge in [0, 0.05) is 11.3 Å². The molecule has 0 atom stereocenters. The van der Waals surface area contributed by atoms with Crippen LogP contribution in [0.4, 0.5) is 5.00 Å². The summed E-state index contributed by atoms with van der Waals surface area (Å²) in [5, 5.41) is 3.54. The molecule has 0 spiro atoms. The Balaban J connectivity index is 1.57. The van der Waals surface area contributed by atoms with Gasteiger partial charge in [0.05, 0.1) is 19.3 Å². The summed E-state index contributed by atoms with van der Waals surface area (Å²) in [6.45, 7) is 2.47. The Hall–Kier alpha value is -2.34. The van der Waals surface area contributed by atoms with Gasteiger partial charge in [-0.25, -0.2) is 4.79 Å². The Morgan fingerprint density at radius 2 is 1.96 bits per heavy atom. The number of carbonyl (C=O) groups is 2. The summed E-state index contributed by atoms with van der Waals surface area (Å²) in [6.07, 6.45) is 4.98. The lowest BCUT2D eigenvalue weighted by molar-refractivity contribution is -0.116. The van der Waals surface area contributed by atoms with Gasteiger partial charge in [-0.3, -0.25) is 4.79 Å². The van der Waals surface area contributed by atoms with E-state index in [0.29, 0.717) is 30.0 Å². The third-order valence-corrected chi connectivity index (χ3v) is 5.92. The van der Waals surface area contributed by atoms with Crippen LogP contribution in [-0.2, 0) is 22.4 Å². The van der Waals surface area contributed by atoms with Crippen molar-refractivity contribution in [3.8, 4) is 5.75 Å². The van der Waals surface area contributed by atoms with Gasteiger partial charge in [-0.2, -0.15) is 0 Å². The maximum Gasteiger partial charge on any atom is 0.341 e. The molecule has 0 unspecified atom stereocenters. The second-order valence-corrected chi connectivity index (χ2v) is 7.78. The van der Waals surface area contributed by atoms with E-state index >= 15 is 0 Å². The number of benzene rings is 1. The van der Waals surface area contributed by atoms with Gasteiger partial charge in [0.25, 0.3) is 0 Å². The van der Waals surface area contributed by atoms with Crippen molar-refractivity contribution in [1.82, 2.24) is 0 Å². The predicted octanol–water partition coefficient (Wildman–Crippen LogP) is 4.52. The van der Waals surface area contributed by atoms with Gasteiger partial charge in [0.15, 0.2) is 0 Å². The highest BCUT2D eigenvalue weighted by Gasteiger charge is 2.26. The number of para-hydroxylation sites is 1. The molecule has 1 heterocycles. The van der Waals surface area contributed by atoms with E-state index < -0.39 is 0 Å². The maximum atomic E-state index is 12.4. The van der Waals surface area contributed by atoms with Crippen molar-refractivity contribution in [2.24, 2.45) is 0 Å². The standard InChI is InChI=1S/C21H25NO4S/c1-14-8-3-5-10-16(14)26-13-7-12-18(23)22-20-19(21(24)25-2)15-9-4-6-11-17(15)27-20/h3,5,8,10H,4,6-7,9,11-13H2,1-2H3,(H,22,23). The highest BCUT2D eigenvalue weighted by molar-refractivity contribution is 7.17. The molecule has 27 heavy (non-hydrogen) atoms. The molecule has 0 radical (unpaired) electrons. The van der Waals surface area contributed by atoms with E-state index in [0.717, 1.165) is 42.6 Å². The molecule has 5 nitrogen and oxygen atoms in total. The minimum absolute atomic E-state index is 0.105. The normalized spacial score (nSPS) is 13.0. The second-order valence-electron chi connectivity index (χ2n) is 6.67. The average molecular weight is 388 g/mol. The van der Waals surface area contributed by atoms with Gasteiger partial charge in [0.1, 0.15) is 10.8 Å². The number of amides is 1. The number of aryl methyl sites for hydroxylation is 2. The van der Waals surface area contributed by atoms with Crippen LogP contribution in [0.3, 0.4) is 0 Å². The molecule has 0 saturated carbocycles. The number of hydrogen-bond donors (Lipinski definition) is 1. The van der Waals surface area contributed by atoms with Crippen LogP contribution in [0.1, 0.15) is 52.0 Å². The fourth-order valence-corrected chi connectivity index (χ4v) is 4.59. The summed E-state index contributed by atoms with van der Waals surface area (Å²) < 4.78 is 10.7. The fraction of sp³-hybridized carbons (Fsp3) is 0.429. The van der Waals surface area contributed by atoms with Crippen molar-refractivity contribution in [2.75, 3.05) is 19.0 Å². The number of rotatable bonds is 7. The molecule has 2 aromatic rings. The monoisotopic (exact) mass is 387 g/mol. The molecular formula is C21H25NO4S. The van der Waals surface area contributed by atoms with Crippen LogP contribution in [0.25, 0.3) is 0 Å². The summed E-state index contributed by atoms with van der Waals surface area (Å²) >= 11 is 1.51. The molecule has 6 heteroatoms. The first kappa shape index (κ1) is 19.4. The second kappa shape index (κ2) is 9.04. The number of fused-ring (bicyclic) bond motifs is 1. The number of ether oxygens (including phenoxy) is 2. The molecule has 0 saturated heterocycles. The summed E-state index contributed by atoms with van der Waals surface area (Å²) in [5.41, 5.74) is 2.67. The molecule has 1 N–H and O–H groups in total. The lowest BCUT2D eigenvalue weighted by Gasteiger charge is -2.12. The highest BCUT2D eigenvalue weighted by Crippen LogP contribution is 2.38. The van der Waals surface area contributed by atoms with E-state index in [4.69, 9.17) is 9.47 Å². The quantitative estimate of drug-likeness (QED) is 0.560. The maximum absolute atomic E-state index is 12.4. The first-order chi connectivity index (χ1) is 13.1. The van der Waals surface area contributed by atoms with Gasteiger partial charge in [-0.05, 0) is 56.2 Å². The zero-order valence-electron chi connectivity index (χ0n) is 15.8. The first-order valence-corrected chi connectivity index (χ1v) is 10.1. The first-order valence-electron chi connectivity index (χ1n) is 9.31. The van der Waals surface area contributed by atoms with Crippen LogP contribution in [0.5, 0.6) is 5.75 Å². The van der Waals surface area contributed by atoms with Crippen molar-refractivity contribution in [3.63, 3.8) is 0 Å². The lowest BCUT2D eigenvalue weighted by atomic mass is 9.95. The third kappa shape index (κ3) is 4.69. The van der Waals surface area contributed by atoms with Gasteiger partial charge < -0.3 is 14.8 Å². The van der Waals surface area contributed by atoms with Crippen LogP contribution in [0.2, 0.25) is 0 Å². The molecule has 144 valence electrons. The van der Waals surface area contributed by atoms with Crippen molar-refractivity contribution in [2.45, 2.75) is 45.4 Å². The molecule has 0 fully saturated rings. The lowest BCUT2D eigenvalue weighted by Crippen LogP contribution is -2.15. The Bertz CT molecular complexity index is 828. The number of methoxy groups -OCH3 is 1. The SMILES string of the molecule is COC(=O)c1c(NC(=O)CCCOc2ccccc2C)sc2c1CCCC2. The highest BCUT2D eigenvalue weighted by atomic mass is 32.1. The number of thiophene rings is 1. The van der Waals surface area contributed by atoms with E-state index in [1.165, 1.54) is 23.3 Å². The minimum atomic E-state index is -0.368. The Kier molecular flexibility index (Phi) is 6.50. The number of esters is 1. The number of anilines is 1. The van der Waals surface area contributed by atoms with E-state index in [2.05, 4.69) is 5.32 Å². The average Bonchev–Trinajstić information content (AvgIpc) is 3.03. The van der Waals surface area contributed by atoms with E-state index in [1.54, 1.807) is 0 Å². The molecule has 0 bridgehead atoms. The molecule has 1 aliphatic rings. The minimum Gasteiger partial charge on any atom is -0.493 e.